The van der Waals surface area contributed by atoms with Crippen LogP contribution in [-0.2, 0) is 28.6 Å². The fourth-order valence-electron chi connectivity index (χ4n) is 3.42. The molecule has 0 atom stereocenters. The molecule has 0 bridgehead atoms. The Bertz CT molecular complexity index is 1020. The van der Waals surface area contributed by atoms with Crippen LogP contribution in [0.1, 0.15) is 32.3 Å². The predicted molar refractivity (Wildman–Crippen MR) is 117 cm³/mol. The third-order valence-electron chi connectivity index (χ3n) is 4.91. The van der Waals surface area contributed by atoms with Gasteiger partial charge in [-0.1, -0.05) is 12.1 Å². The summed E-state index contributed by atoms with van der Waals surface area (Å²) in [5.41, 5.74) is 2.54. The van der Waals surface area contributed by atoms with Crippen LogP contribution in [-0.4, -0.2) is 50.6 Å². The van der Waals surface area contributed by atoms with Gasteiger partial charge in [0, 0.05) is 17.6 Å². The minimum Gasteiger partial charge on any atom is -0.512 e. The summed E-state index contributed by atoms with van der Waals surface area (Å²) >= 11 is 0. The van der Waals surface area contributed by atoms with E-state index in [4.69, 9.17) is 9.47 Å². The second kappa shape index (κ2) is 10.4. The van der Waals surface area contributed by atoms with Crippen LogP contribution in [0.15, 0.2) is 63.1 Å². The van der Waals surface area contributed by atoms with Crippen molar-refractivity contribution in [3.8, 4) is 0 Å². The normalized spacial score (nSPS) is 15.3. The average Bonchev–Trinajstić information content (AvgIpc) is 2.77. The number of aliphatic hydroxyl groups is 1. The monoisotopic (exact) mass is 442 g/mol. The Kier molecular flexibility index (Phi) is 7.95. The molecule has 2 N–H and O–H groups in total. The number of nitrogens with zero attached hydrogens (tertiary/aromatic N) is 1. The SMILES string of the molecule is COC(=O)C1=C(C)NC(C)=C(C(=O)OC)C1c1cccc(N=C/C(C(=O)OC)=C(\C)O)c1. The lowest BCUT2D eigenvalue weighted by Crippen LogP contribution is -2.32. The third kappa shape index (κ3) is 5.05. The number of aliphatic imine (C=N–C) groups is 1. The summed E-state index contributed by atoms with van der Waals surface area (Å²) in [6.45, 7) is 4.78. The molecule has 170 valence electrons. The van der Waals surface area contributed by atoms with Crippen molar-refractivity contribution in [2.45, 2.75) is 26.7 Å². The third-order valence-corrected chi connectivity index (χ3v) is 4.91. The molecule has 0 spiro atoms. The fraction of sp³-hybridized carbons (Fsp3) is 0.304. The number of rotatable bonds is 6. The molecule has 32 heavy (non-hydrogen) atoms. The second-order valence-corrected chi connectivity index (χ2v) is 6.96. The van der Waals surface area contributed by atoms with Crippen molar-refractivity contribution in [2.75, 3.05) is 21.3 Å². The molecule has 0 unspecified atom stereocenters. The molecule has 9 nitrogen and oxygen atoms in total. The summed E-state index contributed by atoms with van der Waals surface area (Å²) in [5, 5.41) is 12.8. The molecule has 0 amide bonds. The molecular formula is C23H26N2O7. The summed E-state index contributed by atoms with van der Waals surface area (Å²) in [4.78, 5) is 41.3. The highest BCUT2D eigenvalue weighted by Crippen LogP contribution is 2.40. The van der Waals surface area contributed by atoms with Crippen LogP contribution in [0.25, 0.3) is 0 Å². The van der Waals surface area contributed by atoms with Crippen LogP contribution in [0.2, 0.25) is 0 Å². The fourth-order valence-corrected chi connectivity index (χ4v) is 3.42. The molecule has 1 aliphatic rings. The van der Waals surface area contributed by atoms with Crippen molar-refractivity contribution in [1.29, 1.82) is 0 Å². The maximum atomic E-state index is 12.6. The Labute approximate surface area is 186 Å². The molecule has 0 aliphatic carbocycles. The van der Waals surface area contributed by atoms with Gasteiger partial charge in [0.15, 0.2) is 0 Å². The first-order valence-corrected chi connectivity index (χ1v) is 9.63. The van der Waals surface area contributed by atoms with E-state index in [0.29, 0.717) is 22.6 Å². The van der Waals surface area contributed by atoms with Gasteiger partial charge >= 0.3 is 17.9 Å². The van der Waals surface area contributed by atoms with E-state index in [-0.39, 0.29) is 22.5 Å². The molecule has 0 fully saturated rings. The van der Waals surface area contributed by atoms with Crippen LogP contribution in [0.3, 0.4) is 0 Å². The number of benzene rings is 1. The van der Waals surface area contributed by atoms with E-state index < -0.39 is 23.8 Å². The van der Waals surface area contributed by atoms with Crippen LogP contribution in [0.4, 0.5) is 5.69 Å². The maximum Gasteiger partial charge on any atom is 0.342 e. The largest absolute Gasteiger partial charge is 0.512 e. The molecule has 1 aromatic carbocycles. The number of ether oxygens (including phenoxy) is 3. The summed E-state index contributed by atoms with van der Waals surface area (Å²) in [5.74, 6) is -2.92. The Morgan fingerprint density at radius 3 is 2.03 bits per heavy atom. The van der Waals surface area contributed by atoms with Gasteiger partial charge in [-0.25, -0.2) is 14.4 Å². The minimum atomic E-state index is -0.763. The lowest BCUT2D eigenvalue weighted by Gasteiger charge is -2.30. The molecule has 0 aromatic heterocycles. The predicted octanol–water partition coefficient (Wildman–Crippen LogP) is 2.97. The summed E-state index contributed by atoms with van der Waals surface area (Å²) in [7, 11) is 3.73. The number of carbonyl (C=O) groups is 3. The Hall–Kier alpha value is -3.88. The first-order chi connectivity index (χ1) is 15.2. The van der Waals surface area contributed by atoms with Gasteiger partial charge in [0.2, 0.25) is 0 Å². The molecule has 0 saturated carbocycles. The zero-order chi connectivity index (χ0) is 24.0. The smallest absolute Gasteiger partial charge is 0.342 e. The molecule has 2 rings (SSSR count). The molecule has 1 aliphatic heterocycles. The van der Waals surface area contributed by atoms with E-state index in [1.807, 2.05) is 0 Å². The van der Waals surface area contributed by atoms with Crippen molar-refractivity contribution in [3.05, 3.63) is 63.7 Å². The molecule has 0 saturated heterocycles. The van der Waals surface area contributed by atoms with Crippen LogP contribution >= 0.6 is 0 Å². The van der Waals surface area contributed by atoms with Gasteiger partial charge in [0.1, 0.15) is 11.3 Å². The van der Waals surface area contributed by atoms with Crippen LogP contribution < -0.4 is 5.32 Å². The number of hydrogen-bond donors (Lipinski definition) is 2. The molecule has 9 heteroatoms. The van der Waals surface area contributed by atoms with E-state index >= 15 is 0 Å². The van der Waals surface area contributed by atoms with Crippen molar-refractivity contribution in [2.24, 2.45) is 4.99 Å². The van der Waals surface area contributed by atoms with Crippen molar-refractivity contribution in [3.63, 3.8) is 0 Å². The van der Waals surface area contributed by atoms with E-state index in [9.17, 15) is 19.5 Å². The van der Waals surface area contributed by atoms with Gasteiger partial charge < -0.3 is 24.6 Å². The number of nitrogens with one attached hydrogen (secondary N) is 1. The van der Waals surface area contributed by atoms with Gasteiger partial charge in [0.25, 0.3) is 0 Å². The summed E-state index contributed by atoms with van der Waals surface area (Å²) in [6.07, 6.45) is 1.19. The standard InChI is InChI=1S/C23H26N2O7/c1-12-18(22(28)31-5)20(19(13(2)25-12)23(29)32-6)15-8-7-9-16(10-15)24-11-17(14(3)26)21(27)30-4/h7-11,20,25-26H,1-6H3/b17-14-,24-11?. The first-order valence-electron chi connectivity index (χ1n) is 9.63. The van der Waals surface area contributed by atoms with Crippen molar-refractivity contribution in [1.82, 2.24) is 5.32 Å². The molecule has 1 heterocycles. The van der Waals surface area contributed by atoms with E-state index in [0.717, 1.165) is 0 Å². The van der Waals surface area contributed by atoms with Gasteiger partial charge in [-0.15, -0.1) is 0 Å². The lowest BCUT2D eigenvalue weighted by atomic mass is 9.80. The number of dihydropyridines is 1. The van der Waals surface area contributed by atoms with Crippen LogP contribution in [0, 0.1) is 0 Å². The zero-order valence-electron chi connectivity index (χ0n) is 18.8. The Balaban J connectivity index is 2.62. The topological polar surface area (TPSA) is 124 Å². The van der Waals surface area contributed by atoms with E-state index in [1.165, 1.54) is 34.5 Å². The number of carbonyl (C=O) groups excluding carboxylic acids is 3. The van der Waals surface area contributed by atoms with Gasteiger partial charge in [0.05, 0.1) is 44.1 Å². The van der Waals surface area contributed by atoms with Gasteiger partial charge in [-0.2, -0.15) is 0 Å². The number of aliphatic hydroxyl groups excluding tert-OH is 1. The van der Waals surface area contributed by atoms with Crippen LogP contribution in [0.5, 0.6) is 0 Å². The van der Waals surface area contributed by atoms with Crippen molar-refractivity contribution >= 4 is 29.8 Å². The van der Waals surface area contributed by atoms with Crippen molar-refractivity contribution < 1.29 is 33.7 Å². The number of methoxy groups -OCH3 is 3. The average molecular weight is 442 g/mol. The number of esters is 3. The Morgan fingerprint density at radius 1 is 1.00 bits per heavy atom. The Morgan fingerprint density at radius 2 is 1.56 bits per heavy atom. The first kappa shape index (κ1) is 24.4. The molecule has 1 aromatic rings. The van der Waals surface area contributed by atoms with E-state index in [1.54, 1.807) is 38.1 Å². The highest BCUT2D eigenvalue weighted by atomic mass is 16.5. The number of hydrogen-bond acceptors (Lipinski definition) is 9. The lowest BCUT2D eigenvalue weighted by molar-refractivity contribution is -0.137. The van der Waals surface area contributed by atoms with Gasteiger partial charge in [-0.05, 0) is 38.5 Å². The minimum absolute atomic E-state index is 0.100. The van der Waals surface area contributed by atoms with Gasteiger partial charge in [-0.3, -0.25) is 4.99 Å². The molecule has 0 radical (unpaired) electrons. The quantitative estimate of drug-likeness (QED) is 0.227. The highest BCUT2D eigenvalue weighted by molar-refractivity contribution is 6.10. The van der Waals surface area contributed by atoms with E-state index in [2.05, 4.69) is 15.0 Å². The maximum absolute atomic E-state index is 12.6. The summed E-state index contributed by atoms with van der Waals surface area (Å²) in [6, 6.07) is 6.79. The zero-order valence-corrected chi connectivity index (χ0v) is 18.8. The highest BCUT2D eigenvalue weighted by Gasteiger charge is 2.37. The summed E-state index contributed by atoms with van der Waals surface area (Å²) < 4.78 is 14.6. The second-order valence-electron chi connectivity index (χ2n) is 6.96. The molecular weight excluding hydrogens is 416 g/mol. The number of allylic oxidation sites excluding steroid dienone is 3.